The normalized spacial score (nSPS) is 21.7. The van der Waals surface area contributed by atoms with Crippen LogP contribution in [-0.4, -0.2) is 6.04 Å². The number of nitrogens with two attached hydrogens (primary N) is 1. The molecule has 3 aliphatic rings. The van der Waals surface area contributed by atoms with Crippen molar-refractivity contribution in [2.45, 2.75) is 220 Å². The van der Waals surface area contributed by atoms with E-state index in [9.17, 15) is 0 Å². The molecule has 0 heterocycles. The van der Waals surface area contributed by atoms with E-state index in [0.29, 0.717) is 11.5 Å². The summed E-state index contributed by atoms with van der Waals surface area (Å²) in [7, 11) is 0. The molecule has 1 heteroatoms. The Balaban J connectivity index is -0.000000132. The van der Waals surface area contributed by atoms with Crippen molar-refractivity contribution in [3.63, 3.8) is 0 Å². The first-order valence-electron chi connectivity index (χ1n) is 18.9. The highest BCUT2D eigenvalue weighted by Crippen LogP contribution is 2.46. The molecule has 2 N–H and O–H groups in total. The largest absolute Gasteiger partial charge is 0.328 e. The molecule has 0 aliphatic heterocycles. The maximum absolute atomic E-state index is 5.73. The van der Waals surface area contributed by atoms with Crippen molar-refractivity contribution in [1.29, 1.82) is 0 Å². The molecule has 4 unspecified atom stereocenters. The Hall–Kier alpha value is -0.0400. The quantitative estimate of drug-likeness (QED) is 0.315. The van der Waals surface area contributed by atoms with Gasteiger partial charge in [0, 0.05) is 6.04 Å². The van der Waals surface area contributed by atoms with Crippen LogP contribution in [0.5, 0.6) is 0 Å². The zero-order chi connectivity index (χ0) is 32.6. The monoisotopic (exact) mass is 572 g/mol. The second-order valence-electron chi connectivity index (χ2n) is 12.3. The molecular weight excluding hydrogens is 482 g/mol. The predicted octanol–water partition coefficient (Wildman–Crippen LogP) is 14.5. The summed E-state index contributed by atoms with van der Waals surface area (Å²) in [6.07, 6.45) is 21.0. The van der Waals surface area contributed by atoms with E-state index in [1.165, 1.54) is 96.3 Å². The molecule has 3 rings (SSSR count). The molecule has 250 valence electrons. The standard InChI is InChI=1S/C12H24.C9H18.C7H15N.C3H8.4C2H6/c1-4-5-8-11(2)12(3)9-6-7-10-12;1-6(2)8(4)9-5-7(9)3;8-7-5-3-1-2-4-6-7;1-3-2;4*1-2/h11H,4-10H2,1-3H3;6-9H,5H2,1-4H3;7H,1-6,8H2;3H2,1-2H3;4*1-2H3. The highest BCUT2D eigenvalue weighted by atomic mass is 14.6. The van der Waals surface area contributed by atoms with Crippen LogP contribution in [0.25, 0.3) is 0 Å². The van der Waals surface area contributed by atoms with Gasteiger partial charge in [-0.05, 0) is 67.1 Å². The fourth-order valence-electron chi connectivity index (χ4n) is 5.42. The summed E-state index contributed by atoms with van der Waals surface area (Å²) in [4.78, 5) is 0. The lowest BCUT2D eigenvalue weighted by Gasteiger charge is -2.31. The Morgan fingerprint density at radius 3 is 1.35 bits per heavy atom. The van der Waals surface area contributed by atoms with E-state index in [4.69, 9.17) is 5.73 Å². The molecule has 40 heavy (non-hydrogen) atoms. The highest BCUT2D eigenvalue weighted by molar-refractivity contribution is 4.87. The average molecular weight is 572 g/mol. The van der Waals surface area contributed by atoms with E-state index in [0.717, 1.165) is 29.6 Å². The van der Waals surface area contributed by atoms with Gasteiger partial charge in [-0.25, -0.2) is 0 Å². The van der Waals surface area contributed by atoms with Crippen LogP contribution in [0.15, 0.2) is 0 Å². The maximum Gasteiger partial charge on any atom is 0.00388 e. The predicted molar refractivity (Wildman–Crippen MR) is 194 cm³/mol. The molecule has 1 nitrogen and oxygen atoms in total. The van der Waals surface area contributed by atoms with Gasteiger partial charge in [-0.3, -0.25) is 0 Å². The topological polar surface area (TPSA) is 26.0 Å². The molecule has 3 aliphatic carbocycles. The Morgan fingerprint density at radius 1 is 0.700 bits per heavy atom. The molecule has 0 aromatic heterocycles. The summed E-state index contributed by atoms with van der Waals surface area (Å²) in [6.45, 7) is 36.9. The van der Waals surface area contributed by atoms with E-state index in [1.54, 1.807) is 0 Å². The van der Waals surface area contributed by atoms with Crippen LogP contribution >= 0.6 is 0 Å². The summed E-state index contributed by atoms with van der Waals surface area (Å²) < 4.78 is 0. The first-order valence-corrected chi connectivity index (χ1v) is 18.9. The number of unbranched alkanes of at least 4 members (excludes halogenated alkanes) is 1. The smallest absolute Gasteiger partial charge is 0.00388 e. The molecule has 0 radical (unpaired) electrons. The third kappa shape index (κ3) is 29.5. The number of hydrogen-bond donors (Lipinski definition) is 1. The molecule has 0 aromatic rings. The summed E-state index contributed by atoms with van der Waals surface area (Å²) in [5.41, 5.74) is 6.44. The molecule has 3 fully saturated rings. The van der Waals surface area contributed by atoms with Crippen LogP contribution in [0.4, 0.5) is 0 Å². The molecule has 0 amide bonds. The van der Waals surface area contributed by atoms with Gasteiger partial charge in [-0.1, -0.05) is 182 Å². The Labute approximate surface area is 260 Å². The van der Waals surface area contributed by atoms with Gasteiger partial charge in [0.15, 0.2) is 0 Å². The lowest BCUT2D eigenvalue weighted by Crippen LogP contribution is -2.21. The van der Waals surface area contributed by atoms with E-state index < -0.39 is 0 Å². The molecule has 0 bridgehead atoms. The molecule has 0 aromatic carbocycles. The fourth-order valence-corrected chi connectivity index (χ4v) is 5.42. The Bertz CT molecular complexity index is 401. The van der Waals surface area contributed by atoms with Gasteiger partial charge in [0.2, 0.25) is 0 Å². The summed E-state index contributed by atoms with van der Waals surface area (Å²) >= 11 is 0. The Morgan fingerprint density at radius 2 is 1.07 bits per heavy atom. The average Bonchev–Trinajstić information content (AvgIpc) is 3.63. The fraction of sp³-hybridized carbons (Fsp3) is 1.00. The third-order valence-corrected chi connectivity index (χ3v) is 8.72. The van der Waals surface area contributed by atoms with Gasteiger partial charge in [-0.15, -0.1) is 0 Å². The van der Waals surface area contributed by atoms with Crippen molar-refractivity contribution in [3.8, 4) is 0 Å². The van der Waals surface area contributed by atoms with Crippen molar-refractivity contribution in [2.75, 3.05) is 0 Å². The van der Waals surface area contributed by atoms with Gasteiger partial charge in [-0.2, -0.15) is 0 Å². The molecular formula is C39H89N. The zero-order valence-electron chi connectivity index (χ0n) is 32.1. The van der Waals surface area contributed by atoms with Crippen LogP contribution in [0, 0.1) is 35.0 Å². The zero-order valence-corrected chi connectivity index (χ0v) is 32.1. The van der Waals surface area contributed by atoms with E-state index >= 15 is 0 Å². The third-order valence-electron chi connectivity index (χ3n) is 8.72. The molecule has 4 atom stereocenters. The minimum absolute atomic E-state index is 0.525. The molecule has 0 saturated heterocycles. The first kappa shape index (κ1) is 49.6. The van der Waals surface area contributed by atoms with Crippen LogP contribution in [0.1, 0.15) is 214 Å². The van der Waals surface area contributed by atoms with Gasteiger partial charge in [0.25, 0.3) is 0 Å². The van der Waals surface area contributed by atoms with Crippen molar-refractivity contribution >= 4 is 0 Å². The Kier molecular flexibility index (Phi) is 45.9. The minimum Gasteiger partial charge on any atom is -0.328 e. The minimum atomic E-state index is 0.525. The second-order valence-corrected chi connectivity index (χ2v) is 12.3. The van der Waals surface area contributed by atoms with Crippen LogP contribution in [-0.2, 0) is 0 Å². The van der Waals surface area contributed by atoms with E-state index in [-0.39, 0.29) is 0 Å². The molecule has 0 spiro atoms. The van der Waals surface area contributed by atoms with Crippen molar-refractivity contribution in [2.24, 2.45) is 40.7 Å². The van der Waals surface area contributed by atoms with Crippen LogP contribution < -0.4 is 5.73 Å². The SMILES string of the molecule is CC.CC.CC.CC.CC(C)C(C)C1CC1C.CCC.CCCCC(C)C1(C)CCCC1.NC1CCCCCC1. The highest BCUT2D eigenvalue weighted by Gasteiger charge is 2.37. The van der Waals surface area contributed by atoms with Crippen LogP contribution in [0.2, 0.25) is 0 Å². The van der Waals surface area contributed by atoms with Gasteiger partial charge < -0.3 is 5.73 Å². The van der Waals surface area contributed by atoms with Gasteiger partial charge in [0.05, 0.1) is 0 Å². The first-order chi connectivity index (χ1) is 19.1. The van der Waals surface area contributed by atoms with Gasteiger partial charge >= 0.3 is 0 Å². The summed E-state index contributed by atoms with van der Waals surface area (Å²) in [6, 6.07) is 0.525. The maximum atomic E-state index is 5.73. The summed E-state index contributed by atoms with van der Waals surface area (Å²) in [5, 5.41) is 0. The number of hydrogen-bond acceptors (Lipinski definition) is 1. The van der Waals surface area contributed by atoms with Crippen molar-refractivity contribution in [3.05, 3.63) is 0 Å². The lowest BCUT2D eigenvalue weighted by atomic mass is 9.74. The van der Waals surface area contributed by atoms with E-state index in [2.05, 4.69) is 62.3 Å². The summed E-state index contributed by atoms with van der Waals surface area (Å²) in [5.74, 6) is 4.90. The van der Waals surface area contributed by atoms with E-state index in [1.807, 2.05) is 55.4 Å². The van der Waals surface area contributed by atoms with Crippen molar-refractivity contribution in [1.82, 2.24) is 0 Å². The van der Waals surface area contributed by atoms with Gasteiger partial charge in [0.1, 0.15) is 0 Å². The number of rotatable bonds is 6. The van der Waals surface area contributed by atoms with Crippen LogP contribution in [0.3, 0.4) is 0 Å². The second kappa shape index (κ2) is 37.0. The van der Waals surface area contributed by atoms with Crippen molar-refractivity contribution < 1.29 is 0 Å². The lowest BCUT2D eigenvalue weighted by molar-refractivity contribution is 0.195. The molecule has 3 saturated carbocycles.